The van der Waals surface area contributed by atoms with E-state index in [9.17, 15) is 10.2 Å². The molecule has 0 saturated carbocycles. The lowest BCUT2D eigenvalue weighted by atomic mass is 9.87. The molecular formula is C8H16O4. The smallest absolute Gasteiger partial charge is 0.111 e. The Kier molecular flexibility index (Phi) is 2.73. The molecule has 3 N–H and O–H groups in total. The Morgan fingerprint density at radius 2 is 2.00 bits per heavy atom. The molecule has 1 aliphatic rings. The van der Waals surface area contributed by atoms with Crippen LogP contribution in [-0.4, -0.2) is 45.8 Å². The van der Waals surface area contributed by atoms with Crippen LogP contribution < -0.4 is 0 Å². The van der Waals surface area contributed by atoms with Crippen molar-refractivity contribution in [1.82, 2.24) is 0 Å². The highest BCUT2D eigenvalue weighted by molar-refractivity contribution is 4.94. The fraction of sp³-hybridized carbons (Fsp3) is 1.00. The molecule has 0 aromatic rings. The van der Waals surface area contributed by atoms with Crippen LogP contribution in [0.15, 0.2) is 0 Å². The van der Waals surface area contributed by atoms with Gasteiger partial charge in [-0.05, 0) is 13.3 Å². The molecule has 1 heterocycles. The van der Waals surface area contributed by atoms with Gasteiger partial charge in [-0.3, -0.25) is 0 Å². The first-order chi connectivity index (χ1) is 5.51. The van der Waals surface area contributed by atoms with Crippen molar-refractivity contribution in [3.05, 3.63) is 0 Å². The fourth-order valence-electron chi connectivity index (χ4n) is 1.34. The Balaban J connectivity index is 2.71. The van der Waals surface area contributed by atoms with E-state index >= 15 is 0 Å². The lowest BCUT2D eigenvalue weighted by molar-refractivity contribution is -0.230. The van der Waals surface area contributed by atoms with Crippen LogP contribution in [0.5, 0.6) is 0 Å². The van der Waals surface area contributed by atoms with Crippen LogP contribution in [0.1, 0.15) is 20.3 Å². The third-order valence-electron chi connectivity index (χ3n) is 2.63. The Morgan fingerprint density at radius 3 is 2.50 bits per heavy atom. The molecule has 1 rings (SSSR count). The highest BCUT2D eigenvalue weighted by atomic mass is 16.5. The lowest BCUT2D eigenvalue weighted by Gasteiger charge is -2.42. The number of hydrogen-bond acceptors (Lipinski definition) is 4. The molecule has 1 aliphatic heterocycles. The summed E-state index contributed by atoms with van der Waals surface area (Å²) in [5.74, 6) is 0. The number of hydrogen-bond donors (Lipinski definition) is 3. The minimum atomic E-state index is -1.09. The van der Waals surface area contributed by atoms with E-state index in [0.717, 1.165) is 0 Å². The molecule has 0 spiro atoms. The molecule has 0 aromatic heterocycles. The third kappa shape index (κ3) is 1.47. The predicted octanol–water partition coefficient (Wildman–Crippen LogP) is -0.732. The van der Waals surface area contributed by atoms with E-state index < -0.39 is 23.9 Å². The molecule has 1 unspecified atom stereocenters. The third-order valence-corrected chi connectivity index (χ3v) is 2.63. The first-order valence-corrected chi connectivity index (χ1v) is 4.19. The summed E-state index contributed by atoms with van der Waals surface area (Å²) in [7, 11) is 0. The summed E-state index contributed by atoms with van der Waals surface area (Å²) in [4.78, 5) is 0. The van der Waals surface area contributed by atoms with Gasteiger partial charge in [0.05, 0.1) is 12.2 Å². The molecule has 0 aliphatic carbocycles. The van der Waals surface area contributed by atoms with E-state index in [2.05, 4.69) is 0 Å². The van der Waals surface area contributed by atoms with Gasteiger partial charge in [0, 0.05) is 0 Å². The van der Waals surface area contributed by atoms with Crippen LogP contribution in [0.3, 0.4) is 0 Å². The zero-order valence-corrected chi connectivity index (χ0v) is 7.40. The van der Waals surface area contributed by atoms with Gasteiger partial charge < -0.3 is 20.1 Å². The maximum atomic E-state index is 9.53. The highest BCUT2D eigenvalue weighted by Crippen LogP contribution is 2.28. The van der Waals surface area contributed by atoms with Crippen LogP contribution in [0.2, 0.25) is 0 Å². The fourth-order valence-corrected chi connectivity index (χ4v) is 1.34. The molecule has 0 amide bonds. The molecule has 4 atom stereocenters. The second-order valence-electron chi connectivity index (χ2n) is 3.48. The highest BCUT2D eigenvalue weighted by Gasteiger charge is 2.44. The maximum Gasteiger partial charge on any atom is 0.111 e. The normalized spacial score (nSPS) is 49.2. The second kappa shape index (κ2) is 3.30. The van der Waals surface area contributed by atoms with Crippen LogP contribution in [0.4, 0.5) is 0 Å². The summed E-state index contributed by atoms with van der Waals surface area (Å²) in [5.41, 5.74) is -0.724. The van der Waals surface area contributed by atoms with Gasteiger partial charge in [-0.1, -0.05) is 6.92 Å². The van der Waals surface area contributed by atoms with Gasteiger partial charge in [-0.2, -0.15) is 0 Å². The summed E-state index contributed by atoms with van der Waals surface area (Å²) in [6.45, 7) is 3.68. The topological polar surface area (TPSA) is 69.9 Å². The number of rotatable bonds is 1. The molecule has 0 aromatic carbocycles. The van der Waals surface area contributed by atoms with Gasteiger partial charge in [0.1, 0.15) is 18.3 Å². The molecular weight excluding hydrogens is 160 g/mol. The van der Waals surface area contributed by atoms with Crippen molar-refractivity contribution in [3.8, 4) is 0 Å². The predicted molar refractivity (Wildman–Crippen MR) is 42.7 cm³/mol. The Hall–Kier alpha value is -0.160. The Morgan fingerprint density at radius 1 is 1.42 bits per heavy atom. The molecule has 72 valence electrons. The second-order valence-corrected chi connectivity index (χ2v) is 3.48. The quantitative estimate of drug-likeness (QED) is 0.492. The summed E-state index contributed by atoms with van der Waals surface area (Å²) < 4.78 is 5.25. The van der Waals surface area contributed by atoms with Crippen molar-refractivity contribution < 1.29 is 20.1 Å². The molecule has 0 radical (unpaired) electrons. The van der Waals surface area contributed by atoms with Gasteiger partial charge >= 0.3 is 0 Å². The summed E-state index contributed by atoms with van der Waals surface area (Å²) in [5, 5.41) is 28.0. The zero-order chi connectivity index (χ0) is 9.35. The van der Waals surface area contributed by atoms with E-state index in [0.29, 0.717) is 6.42 Å². The van der Waals surface area contributed by atoms with Crippen LogP contribution >= 0.6 is 0 Å². The first-order valence-electron chi connectivity index (χ1n) is 4.19. The van der Waals surface area contributed by atoms with Crippen LogP contribution in [-0.2, 0) is 4.74 Å². The molecule has 4 nitrogen and oxygen atoms in total. The Labute approximate surface area is 71.8 Å². The van der Waals surface area contributed by atoms with E-state index in [-0.39, 0.29) is 6.61 Å². The van der Waals surface area contributed by atoms with Gasteiger partial charge in [0.25, 0.3) is 0 Å². The van der Waals surface area contributed by atoms with E-state index in [4.69, 9.17) is 9.84 Å². The average molecular weight is 176 g/mol. The standard InChI is InChI=1S/C8H16O4/c1-3-8(2)7(11)6(10)5(9)4-12-8/h5-7,9-11H,3-4H2,1-2H3/t5-,6+,7?,8+/m1/s1. The number of ether oxygens (including phenoxy) is 1. The SMILES string of the molecule is CC[C@]1(C)OC[C@@H](O)[C@H](O)C1O. The van der Waals surface area contributed by atoms with Crippen molar-refractivity contribution in [2.45, 2.75) is 44.2 Å². The minimum absolute atomic E-state index is 0.0859. The Bertz CT molecular complexity index is 161. The molecule has 12 heavy (non-hydrogen) atoms. The zero-order valence-electron chi connectivity index (χ0n) is 7.40. The summed E-state index contributed by atoms with van der Waals surface area (Å²) in [6.07, 6.45) is -2.47. The van der Waals surface area contributed by atoms with E-state index in [1.54, 1.807) is 6.92 Å². The van der Waals surface area contributed by atoms with Crippen molar-refractivity contribution >= 4 is 0 Å². The van der Waals surface area contributed by atoms with E-state index in [1.807, 2.05) is 6.92 Å². The van der Waals surface area contributed by atoms with Gasteiger partial charge in [0.15, 0.2) is 0 Å². The number of aliphatic hydroxyl groups is 3. The van der Waals surface area contributed by atoms with Crippen molar-refractivity contribution in [3.63, 3.8) is 0 Å². The van der Waals surface area contributed by atoms with Crippen LogP contribution in [0.25, 0.3) is 0 Å². The monoisotopic (exact) mass is 176 g/mol. The largest absolute Gasteiger partial charge is 0.388 e. The summed E-state index contributed by atoms with van der Waals surface area (Å²) >= 11 is 0. The first kappa shape index (κ1) is 9.92. The minimum Gasteiger partial charge on any atom is -0.388 e. The molecule has 0 bridgehead atoms. The van der Waals surface area contributed by atoms with Gasteiger partial charge in [-0.25, -0.2) is 0 Å². The molecule has 1 fully saturated rings. The van der Waals surface area contributed by atoms with Crippen molar-refractivity contribution in [2.75, 3.05) is 6.61 Å². The molecule has 1 saturated heterocycles. The average Bonchev–Trinajstić information content (AvgIpc) is 2.09. The van der Waals surface area contributed by atoms with Crippen molar-refractivity contribution in [2.24, 2.45) is 0 Å². The number of aliphatic hydroxyl groups excluding tert-OH is 3. The van der Waals surface area contributed by atoms with Gasteiger partial charge in [-0.15, -0.1) is 0 Å². The lowest BCUT2D eigenvalue weighted by Crippen LogP contribution is -2.59. The molecule has 4 heteroatoms. The van der Waals surface area contributed by atoms with Crippen LogP contribution in [0, 0.1) is 0 Å². The van der Waals surface area contributed by atoms with E-state index in [1.165, 1.54) is 0 Å². The maximum absolute atomic E-state index is 9.53. The van der Waals surface area contributed by atoms with Crippen molar-refractivity contribution in [1.29, 1.82) is 0 Å². The summed E-state index contributed by atoms with van der Waals surface area (Å²) in [6, 6.07) is 0. The van der Waals surface area contributed by atoms with Gasteiger partial charge in [0.2, 0.25) is 0 Å².